The molecule has 0 amide bonds. The number of unbranched alkanes of at least 4 members (excludes halogenated alkanes) is 4. The van der Waals surface area contributed by atoms with Gasteiger partial charge in [-0.25, -0.2) is 4.79 Å². The highest BCUT2D eigenvalue weighted by Gasteiger charge is 2.23. The van der Waals surface area contributed by atoms with Crippen LogP contribution in [0.4, 0.5) is 0 Å². The molecule has 0 N–H and O–H groups in total. The van der Waals surface area contributed by atoms with Gasteiger partial charge in [-0.2, -0.15) is 0 Å². The van der Waals surface area contributed by atoms with Crippen molar-refractivity contribution in [2.24, 2.45) is 5.92 Å². The summed E-state index contributed by atoms with van der Waals surface area (Å²) in [5.74, 6) is 0.694. The molecule has 0 atom stereocenters. The van der Waals surface area contributed by atoms with Gasteiger partial charge in [0.1, 0.15) is 5.75 Å². The normalized spacial score (nSPS) is 18.6. The van der Waals surface area contributed by atoms with Gasteiger partial charge in [0.05, 0.1) is 18.8 Å². The van der Waals surface area contributed by atoms with Gasteiger partial charge in [-0.15, -0.1) is 0 Å². The quantitative estimate of drug-likeness (QED) is 0.224. The zero-order valence-electron chi connectivity index (χ0n) is 19.0. The topological polar surface area (TPSA) is 44.8 Å². The van der Waals surface area contributed by atoms with E-state index in [0.717, 1.165) is 38.0 Å². The first-order valence-corrected chi connectivity index (χ1v) is 11.8. The summed E-state index contributed by atoms with van der Waals surface area (Å²) in [6.07, 6.45) is 9.36. The molecule has 0 spiro atoms. The monoisotopic (exact) mass is 424 g/mol. The van der Waals surface area contributed by atoms with Gasteiger partial charge >= 0.3 is 5.97 Å². The maximum absolute atomic E-state index is 12.5. The van der Waals surface area contributed by atoms with E-state index in [4.69, 9.17) is 14.2 Å². The zero-order chi connectivity index (χ0) is 21.9. The summed E-state index contributed by atoms with van der Waals surface area (Å²) in [4.78, 5) is 12.5. The van der Waals surface area contributed by atoms with Crippen molar-refractivity contribution in [3.8, 4) is 5.75 Å². The predicted octanol–water partition coefficient (Wildman–Crippen LogP) is 6.88. The molecule has 2 aromatic carbocycles. The zero-order valence-corrected chi connectivity index (χ0v) is 19.0. The smallest absolute Gasteiger partial charge is 0.343 e. The third-order valence-electron chi connectivity index (χ3n) is 5.78. The van der Waals surface area contributed by atoms with Crippen molar-refractivity contribution in [3.63, 3.8) is 0 Å². The van der Waals surface area contributed by atoms with Crippen LogP contribution in [-0.4, -0.2) is 19.2 Å². The SMILES string of the molecule is CCCCCCCc1ccc(OC(=O)c2ccc(C3OCC(CCC)CO3)cc2)cc1. The van der Waals surface area contributed by atoms with Crippen molar-refractivity contribution in [2.45, 2.75) is 71.5 Å². The summed E-state index contributed by atoms with van der Waals surface area (Å²) in [6.45, 7) is 5.85. The average Bonchev–Trinajstić information content (AvgIpc) is 2.81. The largest absolute Gasteiger partial charge is 0.423 e. The minimum atomic E-state index is -0.354. The highest BCUT2D eigenvalue weighted by Crippen LogP contribution is 2.27. The Morgan fingerprint density at radius 3 is 2.19 bits per heavy atom. The van der Waals surface area contributed by atoms with Crippen LogP contribution in [0, 0.1) is 5.92 Å². The molecule has 31 heavy (non-hydrogen) atoms. The highest BCUT2D eigenvalue weighted by atomic mass is 16.7. The molecule has 1 heterocycles. The summed E-state index contributed by atoms with van der Waals surface area (Å²) in [5, 5.41) is 0. The van der Waals surface area contributed by atoms with Crippen molar-refractivity contribution >= 4 is 5.97 Å². The van der Waals surface area contributed by atoms with Crippen molar-refractivity contribution in [3.05, 3.63) is 65.2 Å². The van der Waals surface area contributed by atoms with Crippen LogP contribution in [0.1, 0.15) is 86.6 Å². The summed E-state index contributed by atoms with van der Waals surface area (Å²) in [6, 6.07) is 15.2. The van der Waals surface area contributed by atoms with E-state index in [1.807, 2.05) is 24.3 Å². The number of carbonyl (C=O) groups is 1. The maximum atomic E-state index is 12.5. The van der Waals surface area contributed by atoms with Gasteiger partial charge in [-0.3, -0.25) is 0 Å². The van der Waals surface area contributed by atoms with Crippen LogP contribution in [0.2, 0.25) is 0 Å². The Hall–Kier alpha value is -2.17. The van der Waals surface area contributed by atoms with Gasteiger partial charge < -0.3 is 14.2 Å². The summed E-state index contributed by atoms with van der Waals surface area (Å²) in [5.41, 5.74) is 2.73. The predicted molar refractivity (Wildman–Crippen MR) is 123 cm³/mol. The number of benzene rings is 2. The Morgan fingerprint density at radius 2 is 1.55 bits per heavy atom. The molecular weight excluding hydrogens is 388 g/mol. The number of aryl methyl sites for hydroxylation is 1. The number of carbonyl (C=O) groups excluding carboxylic acids is 1. The summed E-state index contributed by atoms with van der Waals surface area (Å²) >= 11 is 0. The Kier molecular flexibility index (Phi) is 9.57. The number of esters is 1. The molecule has 1 saturated heterocycles. The van der Waals surface area contributed by atoms with E-state index >= 15 is 0 Å². The molecule has 3 rings (SSSR count). The van der Waals surface area contributed by atoms with E-state index in [2.05, 4.69) is 26.0 Å². The van der Waals surface area contributed by atoms with Crippen LogP contribution in [0.3, 0.4) is 0 Å². The molecule has 4 nitrogen and oxygen atoms in total. The number of rotatable bonds is 11. The maximum Gasteiger partial charge on any atom is 0.343 e. The van der Waals surface area contributed by atoms with Gasteiger partial charge in [0.15, 0.2) is 6.29 Å². The first kappa shape index (κ1) is 23.5. The second-order valence-electron chi connectivity index (χ2n) is 8.47. The van der Waals surface area contributed by atoms with Gasteiger partial charge in [0.2, 0.25) is 0 Å². The third kappa shape index (κ3) is 7.48. The fraction of sp³-hybridized carbons (Fsp3) is 0.519. The van der Waals surface area contributed by atoms with Gasteiger partial charge in [0, 0.05) is 11.5 Å². The first-order chi connectivity index (χ1) is 15.2. The van der Waals surface area contributed by atoms with Crippen molar-refractivity contribution in [2.75, 3.05) is 13.2 Å². The fourth-order valence-electron chi connectivity index (χ4n) is 3.91. The third-order valence-corrected chi connectivity index (χ3v) is 5.78. The molecular formula is C27H36O4. The lowest BCUT2D eigenvalue weighted by Crippen LogP contribution is -2.27. The molecule has 0 radical (unpaired) electrons. The standard InChI is InChI=1S/C27H36O4/c1-3-5-6-7-8-10-21-11-17-25(18-12-21)31-26(28)23-13-15-24(16-14-23)27-29-19-22(9-4-2)20-30-27/h11-18,22,27H,3-10,19-20H2,1-2H3. The van der Waals surface area contributed by atoms with Crippen LogP contribution in [-0.2, 0) is 15.9 Å². The minimum absolute atomic E-state index is 0.354. The van der Waals surface area contributed by atoms with Crippen molar-refractivity contribution in [1.82, 2.24) is 0 Å². The van der Waals surface area contributed by atoms with E-state index in [1.165, 1.54) is 37.7 Å². The molecule has 0 aromatic heterocycles. The summed E-state index contributed by atoms with van der Waals surface area (Å²) < 4.78 is 17.2. The lowest BCUT2D eigenvalue weighted by Gasteiger charge is -2.29. The molecule has 2 aromatic rings. The molecule has 0 aliphatic carbocycles. The fourth-order valence-corrected chi connectivity index (χ4v) is 3.91. The van der Waals surface area contributed by atoms with Crippen LogP contribution in [0.25, 0.3) is 0 Å². The molecule has 4 heteroatoms. The van der Waals surface area contributed by atoms with E-state index < -0.39 is 0 Å². The van der Waals surface area contributed by atoms with E-state index in [9.17, 15) is 4.79 Å². The van der Waals surface area contributed by atoms with E-state index in [-0.39, 0.29) is 12.3 Å². The second kappa shape index (κ2) is 12.6. The molecule has 1 aliphatic heterocycles. The molecule has 0 unspecified atom stereocenters. The first-order valence-electron chi connectivity index (χ1n) is 11.8. The molecule has 0 bridgehead atoms. The van der Waals surface area contributed by atoms with Gasteiger partial charge in [0.25, 0.3) is 0 Å². The average molecular weight is 425 g/mol. The van der Waals surface area contributed by atoms with E-state index in [0.29, 0.717) is 17.2 Å². The van der Waals surface area contributed by atoms with Gasteiger partial charge in [-0.1, -0.05) is 70.2 Å². The van der Waals surface area contributed by atoms with Crippen molar-refractivity contribution in [1.29, 1.82) is 0 Å². The second-order valence-corrected chi connectivity index (χ2v) is 8.47. The van der Waals surface area contributed by atoms with Crippen LogP contribution in [0.5, 0.6) is 5.75 Å². The molecule has 1 fully saturated rings. The van der Waals surface area contributed by atoms with E-state index in [1.54, 1.807) is 12.1 Å². The highest BCUT2D eigenvalue weighted by molar-refractivity contribution is 5.91. The summed E-state index contributed by atoms with van der Waals surface area (Å²) in [7, 11) is 0. The Morgan fingerprint density at radius 1 is 0.871 bits per heavy atom. The lowest BCUT2D eigenvalue weighted by atomic mass is 10.0. The van der Waals surface area contributed by atoms with Crippen LogP contribution >= 0.6 is 0 Å². The number of ether oxygens (including phenoxy) is 3. The Labute approximate surface area is 186 Å². The van der Waals surface area contributed by atoms with Crippen LogP contribution in [0.15, 0.2) is 48.5 Å². The molecule has 0 saturated carbocycles. The Balaban J connectivity index is 1.46. The minimum Gasteiger partial charge on any atom is -0.423 e. The molecule has 1 aliphatic rings. The molecule has 168 valence electrons. The Bertz CT molecular complexity index is 774. The lowest BCUT2D eigenvalue weighted by molar-refractivity contribution is -0.206. The number of hydrogen-bond donors (Lipinski definition) is 0. The number of hydrogen-bond acceptors (Lipinski definition) is 4. The van der Waals surface area contributed by atoms with Crippen LogP contribution < -0.4 is 4.74 Å². The van der Waals surface area contributed by atoms with Gasteiger partial charge in [-0.05, 0) is 49.1 Å². The van der Waals surface area contributed by atoms with Crippen molar-refractivity contribution < 1.29 is 19.0 Å².